The highest BCUT2D eigenvalue weighted by Crippen LogP contribution is 2.38. The highest BCUT2D eigenvalue weighted by atomic mass is 79.9. The summed E-state index contributed by atoms with van der Waals surface area (Å²) in [5.41, 5.74) is 5.89. The van der Waals surface area contributed by atoms with Crippen molar-refractivity contribution in [2.75, 3.05) is 0 Å². The summed E-state index contributed by atoms with van der Waals surface area (Å²) in [5.74, 6) is -0.877. The molecule has 1 aromatic carbocycles. The van der Waals surface area contributed by atoms with Crippen molar-refractivity contribution in [3.8, 4) is 0 Å². The molecule has 0 heterocycles. The van der Waals surface area contributed by atoms with E-state index in [1.807, 2.05) is 0 Å². The normalized spacial score (nSPS) is 18.7. The van der Waals surface area contributed by atoms with Crippen LogP contribution < -0.4 is 5.73 Å². The first-order valence-electron chi connectivity index (χ1n) is 4.99. The Morgan fingerprint density at radius 3 is 2.20 bits per heavy atom. The van der Waals surface area contributed by atoms with Gasteiger partial charge in [-0.15, -0.1) is 0 Å². The lowest BCUT2D eigenvalue weighted by atomic mass is 9.77. The van der Waals surface area contributed by atoms with Crippen LogP contribution in [0.2, 0.25) is 0 Å². The molecule has 15 heavy (non-hydrogen) atoms. The van der Waals surface area contributed by atoms with Gasteiger partial charge in [0.25, 0.3) is 0 Å². The largest absolute Gasteiger partial charge is 0.324 e. The second kappa shape index (κ2) is 4.18. The number of halogens is 3. The molecule has 0 spiro atoms. The van der Waals surface area contributed by atoms with Crippen molar-refractivity contribution in [2.45, 2.75) is 25.3 Å². The van der Waals surface area contributed by atoms with Gasteiger partial charge in [-0.3, -0.25) is 0 Å². The van der Waals surface area contributed by atoms with E-state index in [4.69, 9.17) is 5.73 Å². The second-order valence-electron chi connectivity index (χ2n) is 4.00. The van der Waals surface area contributed by atoms with Gasteiger partial charge in [-0.05, 0) is 30.9 Å². The molecule has 1 aromatic rings. The van der Waals surface area contributed by atoms with Gasteiger partial charge >= 0.3 is 0 Å². The van der Waals surface area contributed by atoms with E-state index in [-0.39, 0.29) is 11.5 Å². The third kappa shape index (κ3) is 2.06. The molecule has 1 aliphatic carbocycles. The average molecular weight is 276 g/mol. The maximum Gasteiger partial charge on any atom is 0.132 e. The lowest BCUT2D eigenvalue weighted by molar-refractivity contribution is 0.256. The van der Waals surface area contributed by atoms with Gasteiger partial charge in [-0.25, -0.2) is 8.78 Å². The van der Waals surface area contributed by atoms with Crippen LogP contribution in [0.5, 0.6) is 0 Å². The van der Waals surface area contributed by atoms with E-state index in [1.165, 1.54) is 12.1 Å². The molecule has 0 saturated heterocycles. The van der Waals surface area contributed by atoms with Crippen LogP contribution in [0.4, 0.5) is 8.78 Å². The van der Waals surface area contributed by atoms with Gasteiger partial charge in [0.2, 0.25) is 0 Å². The van der Waals surface area contributed by atoms with Crippen molar-refractivity contribution in [1.29, 1.82) is 0 Å². The standard InChI is InChI=1S/C11H12BrF2N/c12-7-4-8(13)10(9(14)5-7)11(15)6-2-1-3-6/h4-6,11H,1-3,15H2/t11-/m1/s1. The van der Waals surface area contributed by atoms with Crippen LogP contribution in [0.1, 0.15) is 30.9 Å². The molecule has 1 aliphatic rings. The Bertz CT molecular complexity index is 354. The third-order valence-electron chi connectivity index (χ3n) is 3.03. The number of rotatable bonds is 2. The molecule has 0 aliphatic heterocycles. The van der Waals surface area contributed by atoms with Crippen molar-refractivity contribution < 1.29 is 8.78 Å². The fourth-order valence-corrected chi connectivity index (χ4v) is 2.31. The second-order valence-corrected chi connectivity index (χ2v) is 4.92. The van der Waals surface area contributed by atoms with E-state index in [0.29, 0.717) is 4.47 Å². The van der Waals surface area contributed by atoms with E-state index in [0.717, 1.165) is 19.3 Å². The predicted molar refractivity (Wildman–Crippen MR) is 58.3 cm³/mol. The summed E-state index contributed by atoms with van der Waals surface area (Å²) in [5, 5.41) is 0. The Morgan fingerprint density at radius 1 is 1.27 bits per heavy atom. The zero-order valence-electron chi connectivity index (χ0n) is 8.14. The molecule has 2 rings (SSSR count). The van der Waals surface area contributed by atoms with Crippen LogP contribution in [0, 0.1) is 17.6 Å². The number of hydrogen-bond donors (Lipinski definition) is 1. The van der Waals surface area contributed by atoms with E-state index in [1.54, 1.807) is 0 Å². The van der Waals surface area contributed by atoms with Crippen LogP contribution >= 0.6 is 15.9 Å². The van der Waals surface area contributed by atoms with Gasteiger partial charge in [0.1, 0.15) is 11.6 Å². The van der Waals surface area contributed by atoms with Crippen molar-refractivity contribution in [2.24, 2.45) is 11.7 Å². The summed E-state index contributed by atoms with van der Waals surface area (Å²) in [6.07, 6.45) is 3.05. The number of nitrogens with two attached hydrogens (primary N) is 1. The molecule has 0 radical (unpaired) electrons. The average Bonchev–Trinajstić information content (AvgIpc) is 1.97. The Labute approximate surface area is 95.8 Å². The maximum absolute atomic E-state index is 13.5. The quantitative estimate of drug-likeness (QED) is 0.878. The minimum Gasteiger partial charge on any atom is -0.324 e. The Kier molecular flexibility index (Phi) is 3.07. The summed E-state index contributed by atoms with van der Waals surface area (Å²) in [4.78, 5) is 0. The summed E-state index contributed by atoms with van der Waals surface area (Å²) in [6.45, 7) is 0. The first-order valence-corrected chi connectivity index (χ1v) is 5.79. The first-order chi connectivity index (χ1) is 7.09. The fraction of sp³-hybridized carbons (Fsp3) is 0.455. The molecule has 1 atom stereocenters. The lowest BCUT2D eigenvalue weighted by Crippen LogP contribution is -2.28. The molecule has 0 unspecified atom stereocenters. The van der Waals surface area contributed by atoms with Crippen LogP contribution in [-0.2, 0) is 0 Å². The van der Waals surface area contributed by atoms with Crippen molar-refractivity contribution in [3.63, 3.8) is 0 Å². The zero-order chi connectivity index (χ0) is 11.0. The van der Waals surface area contributed by atoms with Crippen molar-refractivity contribution >= 4 is 15.9 Å². The Balaban J connectivity index is 2.33. The minimum atomic E-state index is -0.554. The molecule has 1 fully saturated rings. The summed E-state index contributed by atoms with van der Waals surface area (Å²) in [7, 11) is 0. The fourth-order valence-electron chi connectivity index (χ4n) is 1.91. The highest BCUT2D eigenvalue weighted by Gasteiger charge is 2.29. The Hall–Kier alpha value is -0.480. The zero-order valence-corrected chi connectivity index (χ0v) is 9.73. The molecule has 4 heteroatoms. The van der Waals surface area contributed by atoms with E-state index in [2.05, 4.69) is 15.9 Å². The minimum absolute atomic E-state index is 0.0305. The lowest BCUT2D eigenvalue weighted by Gasteiger charge is -2.31. The van der Waals surface area contributed by atoms with Gasteiger partial charge in [-0.1, -0.05) is 22.4 Å². The summed E-state index contributed by atoms with van der Waals surface area (Å²) in [6, 6.07) is 2.01. The molecular weight excluding hydrogens is 264 g/mol. The molecule has 0 amide bonds. The van der Waals surface area contributed by atoms with Gasteiger partial charge in [-0.2, -0.15) is 0 Å². The molecule has 1 saturated carbocycles. The predicted octanol–water partition coefficient (Wildman–Crippen LogP) is 3.53. The molecule has 0 aromatic heterocycles. The monoisotopic (exact) mass is 275 g/mol. The van der Waals surface area contributed by atoms with Crippen LogP contribution in [0.25, 0.3) is 0 Å². The summed E-state index contributed by atoms with van der Waals surface area (Å²) >= 11 is 3.04. The van der Waals surface area contributed by atoms with E-state index >= 15 is 0 Å². The molecule has 82 valence electrons. The van der Waals surface area contributed by atoms with Crippen molar-refractivity contribution in [1.82, 2.24) is 0 Å². The third-order valence-corrected chi connectivity index (χ3v) is 3.49. The highest BCUT2D eigenvalue weighted by molar-refractivity contribution is 9.10. The van der Waals surface area contributed by atoms with Crippen LogP contribution in [-0.4, -0.2) is 0 Å². The van der Waals surface area contributed by atoms with Gasteiger partial charge in [0, 0.05) is 16.1 Å². The smallest absolute Gasteiger partial charge is 0.132 e. The van der Waals surface area contributed by atoms with Gasteiger partial charge in [0.15, 0.2) is 0 Å². The topological polar surface area (TPSA) is 26.0 Å². The maximum atomic E-state index is 13.5. The Morgan fingerprint density at radius 2 is 1.80 bits per heavy atom. The van der Waals surface area contributed by atoms with E-state index < -0.39 is 17.7 Å². The molecule has 0 bridgehead atoms. The molecule has 1 nitrogen and oxygen atoms in total. The van der Waals surface area contributed by atoms with Crippen LogP contribution in [0.15, 0.2) is 16.6 Å². The van der Waals surface area contributed by atoms with E-state index in [9.17, 15) is 8.78 Å². The number of benzene rings is 1. The SMILES string of the molecule is N[C@@H](c1c(F)cc(Br)cc1F)C1CCC1. The van der Waals surface area contributed by atoms with Crippen LogP contribution in [0.3, 0.4) is 0 Å². The van der Waals surface area contributed by atoms with Crippen molar-refractivity contribution in [3.05, 3.63) is 33.8 Å². The molecular formula is C11H12BrF2N. The van der Waals surface area contributed by atoms with Gasteiger partial charge in [0.05, 0.1) is 0 Å². The first kappa shape index (κ1) is 11.0. The number of hydrogen-bond acceptors (Lipinski definition) is 1. The van der Waals surface area contributed by atoms with Gasteiger partial charge < -0.3 is 5.73 Å². The summed E-state index contributed by atoms with van der Waals surface area (Å²) < 4.78 is 27.5. The molecule has 2 N–H and O–H groups in total.